The normalized spacial score (nSPS) is 24.7. The van der Waals surface area contributed by atoms with Crippen molar-refractivity contribution in [2.45, 2.75) is 32.1 Å². The highest BCUT2D eigenvalue weighted by atomic mass is 16.6. The Hall–Kier alpha value is -0.535. The van der Waals surface area contributed by atoms with Gasteiger partial charge in [-0.25, -0.2) is 0 Å². The molecule has 2 rings (SSSR count). The van der Waals surface area contributed by atoms with Crippen LogP contribution in [-0.2, 0) is 9.31 Å². The van der Waals surface area contributed by atoms with Crippen molar-refractivity contribution in [3.63, 3.8) is 0 Å². The average Bonchev–Trinajstić information content (AvgIpc) is 2.79. The third kappa shape index (κ3) is 3.84. The predicted molar refractivity (Wildman–Crippen MR) is 62.5 cm³/mol. The Morgan fingerprint density at radius 2 is 1.67 bits per heavy atom. The minimum Gasteiger partial charge on any atom is -0.405 e. The zero-order valence-electron chi connectivity index (χ0n) is 9.23. The molecule has 0 N–H and O–H groups in total. The zero-order valence-corrected chi connectivity index (χ0v) is 9.23. The van der Waals surface area contributed by atoms with E-state index in [0.29, 0.717) is 0 Å². The van der Waals surface area contributed by atoms with Crippen molar-refractivity contribution >= 4 is 7.12 Å². The zero-order chi connectivity index (χ0) is 10.3. The Balaban J connectivity index is 1.68. The van der Waals surface area contributed by atoms with Crippen molar-refractivity contribution in [1.29, 1.82) is 0 Å². The third-order valence-corrected chi connectivity index (χ3v) is 3.06. The summed E-state index contributed by atoms with van der Waals surface area (Å²) < 4.78 is 10.6. The van der Waals surface area contributed by atoms with E-state index in [0.717, 1.165) is 19.1 Å². The first kappa shape index (κ1) is 11.0. The summed E-state index contributed by atoms with van der Waals surface area (Å²) >= 11 is 0. The van der Waals surface area contributed by atoms with Crippen LogP contribution < -0.4 is 0 Å². The maximum atomic E-state index is 5.30. The Morgan fingerprint density at radius 1 is 0.933 bits per heavy atom. The van der Waals surface area contributed by atoms with Gasteiger partial charge in [0, 0.05) is 0 Å². The summed E-state index contributed by atoms with van der Waals surface area (Å²) in [6.07, 6.45) is 13.4. The summed E-state index contributed by atoms with van der Waals surface area (Å²) in [5.74, 6) is 2.78. The van der Waals surface area contributed by atoms with E-state index in [1.54, 1.807) is 0 Å². The molecule has 3 heteroatoms. The molecule has 1 aliphatic heterocycles. The number of hydrogen-bond donors (Lipinski definition) is 0. The summed E-state index contributed by atoms with van der Waals surface area (Å²) in [6.45, 7) is 1.45. The van der Waals surface area contributed by atoms with Crippen molar-refractivity contribution in [2.75, 3.05) is 13.2 Å². The van der Waals surface area contributed by atoms with Crippen LogP contribution in [0.25, 0.3) is 0 Å². The van der Waals surface area contributed by atoms with Gasteiger partial charge in [0.15, 0.2) is 0 Å². The van der Waals surface area contributed by atoms with Crippen molar-refractivity contribution in [3.05, 3.63) is 24.2 Å². The van der Waals surface area contributed by atoms with E-state index < -0.39 is 0 Å². The van der Waals surface area contributed by atoms with Crippen molar-refractivity contribution in [1.82, 2.24) is 0 Å². The molecule has 2 nitrogen and oxygen atoms in total. The summed E-state index contributed by atoms with van der Waals surface area (Å²) in [5.41, 5.74) is 0. The molecule has 0 aromatic heterocycles. The lowest BCUT2D eigenvalue weighted by atomic mass is 9.88. The van der Waals surface area contributed by atoms with Crippen LogP contribution in [0.4, 0.5) is 0 Å². The van der Waals surface area contributed by atoms with Crippen LogP contribution in [0.2, 0.25) is 0 Å². The molecule has 0 bridgehead atoms. The smallest absolute Gasteiger partial charge is 0.405 e. The number of allylic oxidation sites excluding steroid dienone is 3. The fourth-order valence-electron chi connectivity index (χ4n) is 2.19. The number of rotatable bonds is 3. The standard InChI is InChI=1S/C12H19BO2/c1-2-6-12(7-3-1)8-4-5-9-13-14-10-11-15-13/h4-5,8-9,12H,1-3,6-7,10-11H2/b8-4-,9-5+. The van der Waals surface area contributed by atoms with Crippen LogP contribution in [0.1, 0.15) is 32.1 Å². The molecule has 0 radical (unpaired) electrons. The van der Waals surface area contributed by atoms with Gasteiger partial charge in [0.05, 0.1) is 13.2 Å². The first-order valence-electron chi connectivity index (χ1n) is 6.03. The quantitative estimate of drug-likeness (QED) is 0.522. The van der Waals surface area contributed by atoms with E-state index in [1.165, 1.54) is 32.1 Å². The van der Waals surface area contributed by atoms with Crippen molar-refractivity contribution in [2.24, 2.45) is 5.92 Å². The van der Waals surface area contributed by atoms with Gasteiger partial charge < -0.3 is 9.31 Å². The van der Waals surface area contributed by atoms with Crippen molar-refractivity contribution in [3.8, 4) is 0 Å². The maximum absolute atomic E-state index is 5.30. The monoisotopic (exact) mass is 206 g/mol. The van der Waals surface area contributed by atoms with Gasteiger partial charge in [-0.05, 0) is 18.8 Å². The van der Waals surface area contributed by atoms with E-state index in [1.807, 2.05) is 12.1 Å². The van der Waals surface area contributed by atoms with Gasteiger partial charge in [-0.15, -0.1) is 0 Å². The molecular weight excluding hydrogens is 187 g/mol. The van der Waals surface area contributed by atoms with Crippen LogP contribution in [-0.4, -0.2) is 20.3 Å². The van der Waals surface area contributed by atoms with Gasteiger partial charge in [-0.1, -0.05) is 43.5 Å². The van der Waals surface area contributed by atoms with Crippen LogP contribution in [0.5, 0.6) is 0 Å². The van der Waals surface area contributed by atoms with E-state index in [-0.39, 0.29) is 7.12 Å². The molecule has 0 atom stereocenters. The van der Waals surface area contributed by atoms with E-state index in [9.17, 15) is 0 Å². The highest BCUT2D eigenvalue weighted by molar-refractivity contribution is 6.51. The Kier molecular flexibility index (Phi) is 4.49. The largest absolute Gasteiger partial charge is 0.486 e. The Morgan fingerprint density at radius 3 is 2.40 bits per heavy atom. The van der Waals surface area contributed by atoms with Crippen LogP contribution >= 0.6 is 0 Å². The summed E-state index contributed by atoms with van der Waals surface area (Å²) in [6, 6.07) is 0. The molecule has 0 aromatic rings. The highest BCUT2D eigenvalue weighted by Crippen LogP contribution is 2.24. The van der Waals surface area contributed by atoms with Crippen molar-refractivity contribution < 1.29 is 9.31 Å². The van der Waals surface area contributed by atoms with Crippen LogP contribution in [0.3, 0.4) is 0 Å². The van der Waals surface area contributed by atoms with E-state index >= 15 is 0 Å². The van der Waals surface area contributed by atoms with E-state index in [2.05, 4.69) is 12.2 Å². The van der Waals surface area contributed by atoms with Gasteiger partial charge in [-0.2, -0.15) is 0 Å². The van der Waals surface area contributed by atoms with Gasteiger partial charge in [0.2, 0.25) is 0 Å². The third-order valence-electron chi connectivity index (χ3n) is 3.06. The molecule has 2 aliphatic rings. The molecule has 1 heterocycles. The van der Waals surface area contributed by atoms with Crippen LogP contribution in [0.15, 0.2) is 24.2 Å². The maximum Gasteiger partial charge on any atom is 0.486 e. The summed E-state index contributed by atoms with van der Waals surface area (Å²) in [4.78, 5) is 0. The molecule has 0 unspecified atom stereocenters. The molecule has 1 saturated carbocycles. The lowest BCUT2D eigenvalue weighted by Gasteiger charge is -2.17. The van der Waals surface area contributed by atoms with E-state index in [4.69, 9.17) is 9.31 Å². The lowest BCUT2D eigenvalue weighted by Crippen LogP contribution is -2.09. The summed E-state index contributed by atoms with van der Waals surface area (Å²) in [7, 11) is -0.110. The second-order valence-electron chi connectivity index (χ2n) is 4.28. The fourth-order valence-corrected chi connectivity index (χ4v) is 2.19. The number of hydrogen-bond acceptors (Lipinski definition) is 2. The van der Waals surface area contributed by atoms with Gasteiger partial charge in [0.1, 0.15) is 0 Å². The summed E-state index contributed by atoms with van der Waals surface area (Å²) in [5, 5.41) is 0. The molecule has 1 aliphatic carbocycles. The molecule has 0 spiro atoms. The second kappa shape index (κ2) is 6.14. The highest BCUT2D eigenvalue weighted by Gasteiger charge is 2.19. The minimum absolute atomic E-state index is 0.110. The first-order valence-corrected chi connectivity index (χ1v) is 6.03. The Bertz CT molecular complexity index is 226. The lowest BCUT2D eigenvalue weighted by molar-refractivity contribution is 0.365. The van der Waals surface area contributed by atoms with Gasteiger partial charge in [0.25, 0.3) is 0 Å². The molecule has 15 heavy (non-hydrogen) atoms. The molecule has 0 aromatic carbocycles. The average molecular weight is 206 g/mol. The van der Waals surface area contributed by atoms with Gasteiger partial charge >= 0.3 is 7.12 Å². The van der Waals surface area contributed by atoms with Gasteiger partial charge in [-0.3, -0.25) is 0 Å². The molecule has 1 saturated heterocycles. The molecular formula is C12H19BO2. The van der Waals surface area contributed by atoms with Crippen LogP contribution in [0, 0.1) is 5.92 Å². The molecule has 82 valence electrons. The Labute approximate surface area is 92.5 Å². The first-order chi connectivity index (χ1) is 7.45. The fraction of sp³-hybridized carbons (Fsp3) is 0.667. The minimum atomic E-state index is -0.110. The molecule has 0 amide bonds. The SMILES string of the molecule is C(=C/C1CCCCC1)/C=C/B1OCCO1. The topological polar surface area (TPSA) is 18.5 Å². The molecule has 2 fully saturated rings. The predicted octanol–water partition coefficient (Wildman–Crippen LogP) is 2.75. The second-order valence-corrected chi connectivity index (χ2v) is 4.28.